The Balaban J connectivity index is 1.31. The van der Waals surface area contributed by atoms with Gasteiger partial charge in [-0.25, -0.2) is 4.79 Å². The van der Waals surface area contributed by atoms with Crippen LogP contribution in [0.2, 0.25) is 0 Å². The number of carbonyl (C=O) groups is 1. The molecule has 254 valence electrons. The number of carboxylic acids is 1. The van der Waals surface area contributed by atoms with Crippen LogP contribution in [0, 0.1) is 56.7 Å². The minimum Gasteiger partial charge on any atom is -0.478 e. The van der Waals surface area contributed by atoms with E-state index in [-0.39, 0.29) is 17.1 Å². The Morgan fingerprint density at radius 3 is 2.26 bits per heavy atom. The van der Waals surface area contributed by atoms with Gasteiger partial charge in [0.25, 0.3) is 0 Å². The predicted octanol–water partition coefficient (Wildman–Crippen LogP) is 9.24. The molecule has 6 rings (SSSR count). The maximum Gasteiger partial charge on any atom is 0.335 e. The van der Waals surface area contributed by atoms with E-state index in [0.717, 1.165) is 25.4 Å². The zero-order valence-corrected chi connectivity index (χ0v) is 30.0. The number of nitrogens with one attached hydrogen (secondary N) is 1. The van der Waals surface area contributed by atoms with Crippen molar-refractivity contribution in [1.82, 2.24) is 5.32 Å². The highest BCUT2D eigenvalue weighted by Gasteiger charge is 2.70. The Kier molecular flexibility index (Phi) is 8.76. The van der Waals surface area contributed by atoms with Crippen molar-refractivity contribution in [3.05, 3.63) is 53.6 Å². The first-order chi connectivity index (χ1) is 21.7. The monoisotopic (exact) mass is 631 g/mol. The quantitative estimate of drug-likeness (QED) is 0.210. The standard InChI is InChI=1S/C41H61NO4/c1-26(2)29-16-21-41(25-42-24-34(45-8)46-9)23-22-39(6)31(35(29)41)14-15-33-38(5)19-17-30(27-10-12-28(13-11-27)36(43)44)37(3,4)32(38)18-20-40(33,39)7/h10-13,17,29,31-35,42H,1,14-16,18-25H2,2-9H3,(H,43,44)/t29-,31+,32-,33+,35+,38-,39+,40+,41+/m0/s1. The molecule has 0 aromatic heterocycles. The van der Waals surface area contributed by atoms with Crippen LogP contribution in [0.4, 0.5) is 0 Å². The van der Waals surface area contributed by atoms with E-state index in [1.165, 1.54) is 68.1 Å². The molecule has 4 saturated carbocycles. The lowest BCUT2D eigenvalue weighted by Crippen LogP contribution is -2.66. The van der Waals surface area contributed by atoms with Crippen LogP contribution in [0.25, 0.3) is 5.57 Å². The molecule has 0 radical (unpaired) electrons. The molecule has 2 N–H and O–H groups in total. The lowest BCUT2D eigenvalue weighted by atomic mass is 9.32. The molecule has 4 fully saturated rings. The summed E-state index contributed by atoms with van der Waals surface area (Å²) >= 11 is 0. The lowest BCUT2D eigenvalue weighted by Gasteiger charge is -2.72. The molecule has 5 aliphatic carbocycles. The highest BCUT2D eigenvalue weighted by atomic mass is 16.7. The lowest BCUT2D eigenvalue weighted by molar-refractivity contribution is -0.225. The Morgan fingerprint density at radius 2 is 1.63 bits per heavy atom. The number of carboxylic acid groups (broad SMARTS) is 1. The van der Waals surface area contributed by atoms with Gasteiger partial charge in [0.1, 0.15) is 0 Å². The van der Waals surface area contributed by atoms with E-state index < -0.39 is 5.97 Å². The average molecular weight is 632 g/mol. The summed E-state index contributed by atoms with van der Waals surface area (Å²) in [6.45, 7) is 21.7. The average Bonchev–Trinajstić information content (AvgIpc) is 3.39. The van der Waals surface area contributed by atoms with Gasteiger partial charge in [-0.1, -0.05) is 65.0 Å². The number of benzene rings is 1. The first-order valence-corrected chi connectivity index (χ1v) is 18.1. The highest BCUT2D eigenvalue weighted by molar-refractivity contribution is 5.88. The minimum absolute atomic E-state index is 0.0307. The number of hydrogen-bond donors (Lipinski definition) is 2. The summed E-state index contributed by atoms with van der Waals surface area (Å²) in [7, 11) is 3.46. The largest absolute Gasteiger partial charge is 0.478 e. The summed E-state index contributed by atoms with van der Waals surface area (Å²) in [5.41, 5.74) is 5.59. The van der Waals surface area contributed by atoms with E-state index in [4.69, 9.17) is 9.47 Å². The summed E-state index contributed by atoms with van der Waals surface area (Å²) < 4.78 is 11.0. The number of hydrogen-bond acceptors (Lipinski definition) is 4. The Bertz CT molecular complexity index is 1360. The summed E-state index contributed by atoms with van der Waals surface area (Å²) in [6.07, 6.45) is 13.9. The van der Waals surface area contributed by atoms with Gasteiger partial charge in [0, 0.05) is 27.3 Å². The Labute approximate surface area is 279 Å². The fourth-order valence-corrected chi connectivity index (χ4v) is 13.2. The van der Waals surface area contributed by atoms with E-state index in [0.29, 0.717) is 45.5 Å². The fraction of sp³-hybridized carbons (Fsp3) is 0.732. The van der Waals surface area contributed by atoms with Crippen molar-refractivity contribution in [2.75, 3.05) is 27.3 Å². The third-order valence-corrected chi connectivity index (χ3v) is 15.6. The second kappa shape index (κ2) is 11.9. The van der Waals surface area contributed by atoms with Gasteiger partial charge in [-0.15, -0.1) is 0 Å². The molecule has 5 nitrogen and oxygen atoms in total. The molecular weight excluding hydrogens is 570 g/mol. The number of allylic oxidation sites excluding steroid dienone is 3. The molecule has 0 heterocycles. The van der Waals surface area contributed by atoms with Crippen molar-refractivity contribution >= 4 is 11.5 Å². The van der Waals surface area contributed by atoms with E-state index in [9.17, 15) is 9.90 Å². The van der Waals surface area contributed by atoms with Crippen LogP contribution < -0.4 is 5.32 Å². The van der Waals surface area contributed by atoms with Crippen LogP contribution in [0.3, 0.4) is 0 Å². The molecule has 0 unspecified atom stereocenters. The number of rotatable bonds is 9. The summed E-state index contributed by atoms with van der Waals surface area (Å²) in [4.78, 5) is 11.5. The smallest absolute Gasteiger partial charge is 0.335 e. The van der Waals surface area contributed by atoms with Gasteiger partial charge in [-0.3, -0.25) is 0 Å². The second-order valence-corrected chi connectivity index (χ2v) is 17.5. The Morgan fingerprint density at radius 1 is 0.935 bits per heavy atom. The topological polar surface area (TPSA) is 67.8 Å². The SMILES string of the molecule is C=C(C)[C@@H]1CC[C@]2(CNCC(OC)OC)CC[C@]3(C)[C@H](CC[C@@H]4[C@@]5(C)CC=C(c6ccc(C(=O)O)cc6)C(C)(C)[C@@H]5CC[C@]43C)[C@@H]12. The van der Waals surface area contributed by atoms with Crippen LogP contribution in [0.5, 0.6) is 0 Å². The molecule has 9 atom stereocenters. The van der Waals surface area contributed by atoms with Crippen molar-refractivity contribution in [2.45, 2.75) is 106 Å². The Hall–Kier alpha value is -1.95. The summed E-state index contributed by atoms with van der Waals surface area (Å²) in [5.74, 6) is 2.47. The fourth-order valence-electron chi connectivity index (χ4n) is 13.2. The summed E-state index contributed by atoms with van der Waals surface area (Å²) in [5, 5.41) is 13.3. The zero-order chi connectivity index (χ0) is 33.3. The number of ether oxygens (including phenoxy) is 2. The van der Waals surface area contributed by atoms with Gasteiger partial charge in [-0.2, -0.15) is 0 Å². The van der Waals surface area contributed by atoms with Crippen LogP contribution >= 0.6 is 0 Å². The molecule has 5 aliphatic rings. The maximum atomic E-state index is 11.5. The number of fused-ring (bicyclic) bond motifs is 7. The van der Waals surface area contributed by atoms with E-state index in [1.54, 1.807) is 26.4 Å². The molecular formula is C41H61NO4. The van der Waals surface area contributed by atoms with Crippen molar-refractivity contribution in [3.8, 4) is 0 Å². The molecule has 46 heavy (non-hydrogen) atoms. The van der Waals surface area contributed by atoms with Crippen molar-refractivity contribution < 1.29 is 19.4 Å². The number of methoxy groups -OCH3 is 2. The van der Waals surface area contributed by atoms with Crippen LogP contribution in [-0.2, 0) is 9.47 Å². The van der Waals surface area contributed by atoms with Crippen molar-refractivity contribution in [2.24, 2.45) is 56.7 Å². The van der Waals surface area contributed by atoms with E-state index >= 15 is 0 Å². The molecule has 0 spiro atoms. The summed E-state index contributed by atoms with van der Waals surface area (Å²) in [6, 6.07) is 7.62. The first kappa shape index (κ1) is 33.9. The van der Waals surface area contributed by atoms with Gasteiger partial charge in [-0.05, 0) is 145 Å². The van der Waals surface area contributed by atoms with Gasteiger partial charge < -0.3 is 19.9 Å². The molecule has 0 aliphatic heterocycles. The zero-order valence-electron chi connectivity index (χ0n) is 30.0. The van der Waals surface area contributed by atoms with Gasteiger partial charge in [0.2, 0.25) is 0 Å². The van der Waals surface area contributed by atoms with Crippen LogP contribution in [0.15, 0.2) is 42.5 Å². The first-order valence-electron chi connectivity index (χ1n) is 18.1. The van der Waals surface area contributed by atoms with Crippen LogP contribution in [0.1, 0.15) is 115 Å². The van der Waals surface area contributed by atoms with Gasteiger partial charge >= 0.3 is 5.97 Å². The normalized spacial score (nSPS) is 41.2. The second-order valence-electron chi connectivity index (χ2n) is 17.5. The van der Waals surface area contributed by atoms with E-state index in [2.05, 4.69) is 59.5 Å². The predicted molar refractivity (Wildman–Crippen MR) is 186 cm³/mol. The van der Waals surface area contributed by atoms with Crippen molar-refractivity contribution in [3.63, 3.8) is 0 Å². The molecule has 0 bridgehead atoms. The van der Waals surface area contributed by atoms with Gasteiger partial charge in [0.15, 0.2) is 6.29 Å². The minimum atomic E-state index is -0.860. The third-order valence-electron chi connectivity index (χ3n) is 15.6. The number of aromatic carboxylic acids is 1. The third kappa shape index (κ3) is 4.92. The highest BCUT2D eigenvalue weighted by Crippen LogP contribution is 2.77. The molecule has 5 heteroatoms. The van der Waals surface area contributed by atoms with Gasteiger partial charge in [0.05, 0.1) is 5.56 Å². The van der Waals surface area contributed by atoms with Crippen molar-refractivity contribution in [1.29, 1.82) is 0 Å². The molecule has 0 amide bonds. The molecule has 1 aromatic carbocycles. The maximum absolute atomic E-state index is 11.5. The molecule has 0 saturated heterocycles. The molecule has 1 aromatic rings. The van der Waals surface area contributed by atoms with Crippen LogP contribution in [-0.4, -0.2) is 44.7 Å². The van der Waals surface area contributed by atoms with E-state index in [1.807, 2.05) is 12.1 Å².